The molecule has 0 aliphatic heterocycles. The van der Waals surface area contributed by atoms with Crippen LogP contribution in [-0.4, -0.2) is 18.4 Å². The van der Waals surface area contributed by atoms with Gasteiger partial charge in [-0.3, -0.25) is 20.4 Å². The summed E-state index contributed by atoms with van der Waals surface area (Å²) in [6.07, 6.45) is 0. The number of hydrazine groups is 1. The summed E-state index contributed by atoms with van der Waals surface area (Å²) in [6.45, 7) is 2.45. The summed E-state index contributed by atoms with van der Waals surface area (Å²) in [6, 6.07) is 19.8. The van der Waals surface area contributed by atoms with Gasteiger partial charge in [-0.05, 0) is 48.0 Å². The monoisotopic (exact) mass is 334 g/mol. The van der Waals surface area contributed by atoms with Gasteiger partial charge in [0.1, 0.15) is 5.75 Å². The minimum Gasteiger partial charge on any atom is -0.494 e. The predicted molar refractivity (Wildman–Crippen MR) is 96.5 cm³/mol. The quantitative estimate of drug-likeness (QED) is 0.719. The van der Waals surface area contributed by atoms with Gasteiger partial charge in [0.2, 0.25) is 0 Å². The van der Waals surface area contributed by atoms with Crippen molar-refractivity contribution in [2.24, 2.45) is 0 Å². The minimum atomic E-state index is -0.392. The van der Waals surface area contributed by atoms with E-state index >= 15 is 0 Å². The number of amides is 2. The standard InChI is InChI=1S/C20H18N2O3/c1-2-25-16-12-10-15(11-13-16)19(23)21-22-20(24)18-9-5-7-14-6-3-4-8-17(14)18/h3-13H,2H2,1H3,(H,21,23)(H,22,24). The van der Waals surface area contributed by atoms with E-state index in [1.807, 2.05) is 43.3 Å². The molecule has 5 nitrogen and oxygen atoms in total. The third-order valence-corrected chi connectivity index (χ3v) is 3.75. The van der Waals surface area contributed by atoms with Gasteiger partial charge in [0.05, 0.1) is 6.61 Å². The number of carbonyl (C=O) groups is 2. The van der Waals surface area contributed by atoms with E-state index in [9.17, 15) is 9.59 Å². The molecule has 0 atom stereocenters. The van der Waals surface area contributed by atoms with Crippen LogP contribution in [0.25, 0.3) is 10.8 Å². The Bertz CT molecular complexity index is 899. The van der Waals surface area contributed by atoms with Gasteiger partial charge in [-0.2, -0.15) is 0 Å². The maximum atomic E-state index is 12.4. The Morgan fingerprint density at radius 3 is 2.28 bits per heavy atom. The molecular weight excluding hydrogens is 316 g/mol. The fourth-order valence-corrected chi connectivity index (χ4v) is 2.55. The second kappa shape index (κ2) is 7.49. The van der Waals surface area contributed by atoms with Crippen molar-refractivity contribution in [1.29, 1.82) is 0 Å². The Kier molecular flexibility index (Phi) is 4.95. The lowest BCUT2D eigenvalue weighted by molar-refractivity contribution is 0.0847. The molecule has 3 rings (SSSR count). The number of hydrogen-bond donors (Lipinski definition) is 2. The minimum absolute atomic E-state index is 0.365. The summed E-state index contributed by atoms with van der Waals surface area (Å²) < 4.78 is 5.34. The molecule has 0 bridgehead atoms. The van der Waals surface area contributed by atoms with E-state index in [1.165, 1.54) is 0 Å². The van der Waals surface area contributed by atoms with Crippen molar-refractivity contribution < 1.29 is 14.3 Å². The average molecular weight is 334 g/mol. The van der Waals surface area contributed by atoms with Crippen molar-refractivity contribution in [3.05, 3.63) is 77.9 Å². The Morgan fingerprint density at radius 1 is 0.840 bits per heavy atom. The van der Waals surface area contributed by atoms with Crippen LogP contribution in [0.1, 0.15) is 27.6 Å². The zero-order valence-corrected chi connectivity index (χ0v) is 13.8. The lowest BCUT2D eigenvalue weighted by atomic mass is 10.0. The fraction of sp³-hybridized carbons (Fsp3) is 0.100. The molecule has 0 aromatic heterocycles. The fourth-order valence-electron chi connectivity index (χ4n) is 2.55. The molecule has 0 saturated carbocycles. The lowest BCUT2D eigenvalue weighted by Gasteiger charge is -2.10. The summed E-state index contributed by atoms with van der Waals surface area (Å²) in [4.78, 5) is 24.5. The Morgan fingerprint density at radius 2 is 1.52 bits per heavy atom. The molecular formula is C20H18N2O3. The molecule has 2 N–H and O–H groups in total. The van der Waals surface area contributed by atoms with Crippen LogP contribution in [0.15, 0.2) is 66.7 Å². The molecule has 0 heterocycles. The molecule has 0 unspecified atom stereocenters. The molecule has 3 aromatic carbocycles. The summed E-state index contributed by atoms with van der Waals surface area (Å²) in [5.74, 6) is -0.0634. The number of nitrogens with one attached hydrogen (secondary N) is 2. The Hall–Kier alpha value is -3.34. The zero-order valence-electron chi connectivity index (χ0n) is 13.8. The van der Waals surface area contributed by atoms with E-state index in [2.05, 4.69) is 10.9 Å². The third kappa shape index (κ3) is 3.77. The van der Waals surface area contributed by atoms with E-state index in [1.54, 1.807) is 30.3 Å². The number of benzene rings is 3. The van der Waals surface area contributed by atoms with Crippen LogP contribution < -0.4 is 15.6 Å². The molecule has 2 amide bonds. The number of hydrogen-bond acceptors (Lipinski definition) is 3. The van der Waals surface area contributed by atoms with Crippen LogP contribution in [0, 0.1) is 0 Å². The molecule has 0 radical (unpaired) electrons. The van der Waals surface area contributed by atoms with Crippen molar-refractivity contribution in [3.8, 4) is 5.75 Å². The highest BCUT2D eigenvalue weighted by Crippen LogP contribution is 2.18. The van der Waals surface area contributed by atoms with Gasteiger partial charge < -0.3 is 4.74 Å². The van der Waals surface area contributed by atoms with E-state index in [4.69, 9.17) is 4.74 Å². The van der Waals surface area contributed by atoms with Gasteiger partial charge in [0, 0.05) is 11.1 Å². The van der Waals surface area contributed by atoms with Gasteiger partial charge in [-0.1, -0.05) is 36.4 Å². The molecule has 0 aliphatic rings. The van der Waals surface area contributed by atoms with Crippen molar-refractivity contribution in [2.75, 3.05) is 6.61 Å². The molecule has 25 heavy (non-hydrogen) atoms. The van der Waals surface area contributed by atoms with Crippen molar-refractivity contribution in [3.63, 3.8) is 0 Å². The van der Waals surface area contributed by atoms with Gasteiger partial charge in [-0.25, -0.2) is 0 Å². The highest BCUT2D eigenvalue weighted by molar-refractivity contribution is 6.07. The van der Waals surface area contributed by atoms with E-state index < -0.39 is 5.91 Å². The first-order valence-corrected chi connectivity index (χ1v) is 8.00. The van der Waals surface area contributed by atoms with Crippen molar-refractivity contribution in [2.45, 2.75) is 6.92 Å². The molecule has 0 aliphatic carbocycles. The van der Waals surface area contributed by atoms with Gasteiger partial charge in [0.25, 0.3) is 11.8 Å². The number of ether oxygens (including phenoxy) is 1. The smallest absolute Gasteiger partial charge is 0.270 e. The molecule has 0 spiro atoms. The molecule has 0 fully saturated rings. The van der Waals surface area contributed by atoms with Crippen LogP contribution in [-0.2, 0) is 0 Å². The highest BCUT2D eigenvalue weighted by Gasteiger charge is 2.11. The van der Waals surface area contributed by atoms with E-state index in [0.717, 1.165) is 10.8 Å². The normalized spacial score (nSPS) is 10.3. The van der Waals surface area contributed by atoms with E-state index in [-0.39, 0.29) is 5.91 Å². The first-order chi connectivity index (χ1) is 12.2. The maximum absolute atomic E-state index is 12.4. The van der Waals surface area contributed by atoms with Crippen LogP contribution >= 0.6 is 0 Å². The van der Waals surface area contributed by atoms with Gasteiger partial charge >= 0.3 is 0 Å². The SMILES string of the molecule is CCOc1ccc(C(=O)NNC(=O)c2cccc3ccccc23)cc1. The Labute approximate surface area is 145 Å². The summed E-state index contributed by atoms with van der Waals surface area (Å²) in [7, 11) is 0. The van der Waals surface area contributed by atoms with Crippen LogP contribution in [0.5, 0.6) is 5.75 Å². The average Bonchev–Trinajstić information content (AvgIpc) is 2.66. The lowest BCUT2D eigenvalue weighted by Crippen LogP contribution is -2.41. The van der Waals surface area contributed by atoms with Crippen LogP contribution in [0.2, 0.25) is 0 Å². The summed E-state index contributed by atoms with van der Waals surface area (Å²) >= 11 is 0. The van der Waals surface area contributed by atoms with Gasteiger partial charge in [0.15, 0.2) is 0 Å². The van der Waals surface area contributed by atoms with Crippen LogP contribution in [0.4, 0.5) is 0 Å². The highest BCUT2D eigenvalue weighted by atomic mass is 16.5. The molecule has 0 saturated heterocycles. The van der Waals surface area contributed by atoms with Crippen molar-refractivity contribution in [1.82, 2.24) is 10.9 Å². The third-order valence-electron chi connectivity index (χ3n) is 3.75. The number of rotatable bonds is 4. The molecule has 5 heteroatoms. The maximum Gasteiger partial charge on any atom is 0.270 e. The zero-order chi connectivity index (χ0) is 17.6. The predicted octanol–water partition coefficient (Wildman–Crippen LogP) is 3.31. The second-order valence-electron chi connectivity index (χ2n) is 5.39. The number of fused-ring (bicyclic) bond motifs is 1. The second-order valence-corrected chi connectivity index (χ2v) is 5.39. The first-order valence-electron chi connectivity index (χ1n) is 8.00. The van der Waals surface area contributed by atoms with Crippen LogP contribution in [0.3, 0.4) is 0 Å². The topological polar surface area (TPSA) is 67.4 Å². The number of carbonyl (C=O) groups excluding carboxylic acids is 2. The summed E-state index contributed by atoms with van der Waals surface area (Å²) in [5, 5.41) is 1.80. The van der Waals surface area contributed by atoms with Crippen molar-refractivity contribution >= 4 is 22.6 Å². The largest absolute Gasteiger partial charge is 0.494 e. The molecule has 3 aromatic rings. The molecule has 126 valence electrons. The van der Waals surface area contributed by atoms with Gasteiger partial charge in [-0.15, -0.1) is 0 Å². The Balaban J connectivity index is 1.68. The first kappa shape index (κ1) is 16.5. The summed E-state index contributed by atoms with van der Waals surface area (Å²) in [5.41, 5.74) is 5.83. The van der Waals surface area contributed by atoms with E-state index in [0.29, 0.717) is 23.5 Å².